The fraction of sp³-hybridized carbons (Fsp3) is 0.655. The Morgan fingerprint density at radius 2 is 2.03 bits per heavy atom. The molecule has 3 aliphatic carbocycles. The molecule has 5 heteroatoms. The van der Waals surface area contributed by atoms with Crippen molar-refractivity contribution < 1.29 is 19.4 Å². The monoisotopic (exact) mass is 484 g/mol. The molecule has 3 unspecified atom stereocenters. The summed E-state index contributed by atoms with van der Waals surface area (Å²) in [5.74, 6) is 0.271. The van der Waals surface area contributed by atoms with Gasteiger partial charge in [-0.2, -0.15) is 0 Å². The van der Waals surface area contributed by atoms with Gasteiger partial charge in [-0.25, -0.2) is 0 Å². The number of hydrogen-bond donors (Lipinski definition) is 1. The maximum atomic E-state index is 13.4. The highest BCUT2D eigenvalue weighted by atomic mass is 32.2. The minimum Gasteiger partial charge on any atom is -0.461 e. The van der Waals surface area contributed by atoms with Gasteiger partial charge in [-0.3, -0.25) is 9.59 Å². The average Bonchev–Trinajstić information content (AvgIpc) is 3.16. The van der Waals surface area contributed by atoms with E-state index in [0.29, 0.717) is 12.8 Å². The first-order valence-electron chi connectivity index (χ1n) is 12.7. The Labute approximate surface area is 208 Å². The molecule has 4 nitrogen and oxygen atoms in total. The van der Waals surface area contributed by atoms with E-state index in [4.69, 9.17) is 4.74 Å². The lowest BCUT2D eigenvalue weighted by molar-refractivity contribution is -0.205. The molecule has 0 aliphatic heterocycles. The molecule has 0 amide bonds. The number of carbonyl (C=O) groups excluding carboxylic acids is 2. The number of hydrogen-bond acceptors (Lipinski definition) is 5. The second-order valence-corrected chi connectivity index (χ2v) is 12.7. The fourth-order valence-corrected chi connectivity index (χ4v) is 8.34. The molecule has 34 heavy (non-hydrogen) atoms. The number of rotatable bonds is 5. The third-order valence-corrected chi connectivity index (χ3v) is 10.9. The summed E-state index contributed by atoms with van der Waals surface area (Å²) in [4.78, 5) is 27.7. The van der Waals surface area contributed by atoms with Crippen LogP contribution in [-0.4, -0.2) is 34.8 Å². The van der Waals surface area contributed by atoms with Gasteiger partial charge in [0.05, 0.1) is 11.9 Å². The molecule has 2 bridgehead atoms. The molecule has 4 rings (SSSR count). The second kappa shape index (κ2) is 9.13. The largest absolute Gasteiger partial charge is 0.461 e. The highest BCUT2D eigenvalue weighted by Crippen LogP contribution is 2.68. The van der Waals surface area contributed by atoms with Crippen molar-refractivity contribution >= 4 is 23.5 Å². The van der Waals surface area contributed by atoms with Crippen LogP contribution in [-0.2, 0) is 14.3 Å². The number of ether oxygens (including phenoxy) is 1. The molecular weight excluding hydrogens is 444 g/mol. The van der Waals surface area contributed by atoms with Crippen LogP contribution in [0.15, 0.2) is 41.8 Å². The van der Waals surface area contributed by atoms with Gasteiger partial charge in [0.25, 0.3) is 0 Å². The summed E-state index contributed by atoms with van der Waals surface area (Å²) < 4.78 is 6.30. The first kappa shape index (κ1) is 25.5. The molecule has 1 N–H and O–H groups in total. The van der Waals surface area contributed by atoms with Crippen molar-refractivity contribution in [2.75, 3.05) is 5.75 Å². The minimum atomic E-state index is -0.640. The predicted octanol–water partition coefficient (Wildman–Crippen LogP) is 5.99. The van der Waals surface area contributed by atoms with E-state index in [1.165, 1.54) is 11.8 Å². The molecule has 1 aromatic carbocycles. The minimum absolute atomic E-state index is 0.0210. The van der Waals surface area contributed by atoms with Gasteiger partial charge in [0, 0.05) is 28.1 Å². The first-order valence-corrected chi connectivity index (χ1v) is 13.7. The highest BCUT2D eigenvalue weighted by Gasteiger charge is 2.68. The first-order chi connectivity index (χ1) is 16.0. The fourth-order valence-electron chi connectivity index (χ4n) is 7.54. The van der Waals surface area contributed by atoms with Crippen LogP contribution in [0.25, 0.3) is 0 Å². The van der Waals surface area contributed by atoms with Gasteiger partial charge in [-0.05, 0) is 62.0 Å². The van der Waals surface area contributed by atoms with Crippen molar-refractivity contribution in [2.45, 2.75) is 83.8 Å². The normalized spacial score (nSPS) is 41.8. The molecular formula is C29H40O4S. The van der Waals surface area contributed by atoms with E-state index in [1.807, 2.05) is 38.1 Å². The van der Waals surface area contributed by atoms with E-state index < -0.39 is 23.0 Å². The van der Waals surface area contributed by atoms with Crippen molar-refractivity contribution in [1.82, 2.24) is 0 Å². The van der Waals surface area contributed by atoms with Crippen LogP contribution in [0.2, 0.25) is 0 Å². The van der Waals surface area contributed by atoms with Crippen LogP contribution in [0.5, 0.6) is 0 Å². The zero-order chi connectivity index (χ0) is 24.9. The maximum Gasteiger partial charge on any atom is 0.316 e. The highest BCUT2D eigenvalue weighted by molar-refractivity contribution is 8.00. The lowest BCUT2D eigenvalue weighted by Gasteiger charge is -2.61. The quantitative estimate of drug-likeness (QED) is 0.316. The van der Waals surface area contributed by atoms with Gasteiger partial charge in [0.2, 0.25) is 0 Å². The van der Waals surface area contributed by atoms with Gasteiger partial charge < -0.3 is 9.84 Å². The zero-order valence-electron chi connectivity index (χ0n) is 21.3. The third-order valence-electron chi connectivity index (χ3n) is 9.92. The van der Waals surface area contributed by atoms with Crippen LogP contribution in [0.3, 0.4) is 0 Å². The molecule has 0 aromatic heterocycles. The Balaban J connectivity index is 1.68. The molecule has 186 valence electrons. The molecule has 0 radical (unpaired) electrons. The number of carbonyl (C=O) groups is 2. The van der Waals surface area contributed by atoms with E-state index in [1.54, 1.807) is 0 Å². The Morgan fingerprint density at radius 3 is 2.71 bits per heavy atom. The summed E-state index contributed by atoms with van der Waals surface area (Å²) in [6, 6.07) is 8.10. The molecule has 0 spiro atoms. The zero-order valence-corrected chi connectivity index (χ0v) is 22.1. The Morgan fingerprint density at radius 1 is 1.29 bits per heavy atom. The Hall–Kier alpha value is -1.59. The van der Waals surface area contributed by atoms with Crippen molar-refractivity contribution in [2.24, 2.45) is 34.0 Å². The van der Waals surface area contributed by atoms with Crippen LogP contribution >= 0.6 is 11.8 Å². The lowest BCUT2D eigenvalue weighted by atomic mass is 9.44. The van der Waals surface area contributed by atoms with Crippen molar-refractivity contribution in [3.8, 4) is 0 Å². The van der Waals surface area contributed by atoms with Crippen LogP contribution in [0, 0.1) is 40.9 Å². The summed E-state index contributed by atoms with van der Waals surface area (Å²) >= 11 is 1.48. The third kappa shape index (κ3) is 3.97. The van der Waals surface area contributed by atoms with Gasteiger partial charge >= 0.3 is 5.97 Å². The number of aliphatic hydroxyl groups excluding tert-OH is 1. The number of Topliss-reactive ketones (excluding diaryl/α,β-unsaturated/α-hetero) is 1. The van der Waals surface area contributed by atoms with E-state index in [2.05, 4.69) is 33.4 Å². The predicted molar refractivity (Wildman–Crippen MR) is 137 cm³/mol. The summed E-state index contributed by atoms with van der Waals surface area (Å²) in [6.07, 6.45) is 4.51. The molecule has 1 aromatic rings. The van der Waals surface area contributed by atoms with Crippen LogP contribution < -0.4 is 0 Å². The van der Waals surface area contributed by atoms with Gasteiger partial charge in [-0.15, -0.1) is 18.3 Å². The van der Waals surface area contributed by atoms with Crippen molar-refractivity contribution in [1.29, 1.82) is 0 Å². The summed E-state index contributed by atoms with van der Waals surface area (Å²) in [6.45, 7) is 14.7. The lowest BCUT2D eigenvalue weighted by Crippen LogP contribution is -2.63. The SMILES string of the molecule is C=C[C@]1(C)C[C@@H](OC(=O)CSc2cccc(C)c2)[C@]2(C)C(C)CCC3(CCC(=O)C32)[C@@H](C)[C@@H]1O. The number of aliphatic hydroxyl groups is 1. The molecule has 3 fully saturated rings. The number of ketones is 1. The standard InChI is InChI=1S/C29H40O4S/c1-7-27(5)16-23(33-24(31)17-34-21-10-8-9-18(2)15-21)28(6)19(3)11-13-29(20(4)26(27)32)14-12-22(30)25(28)29/h7-10,15,19-20,23,25-26,32H,1,11-14,16-17H2,2-6H3/t19?,20-,23+,25?,26-,27+,28-,29?/m0/s1. The number of benzene rings is 1. The van der Waals surface area contributed by atoms with E-state index in [-0.39, 0.29) is 40.7 Å². The molecule has 8 atom stereocenters. The number of esters is 1. The molecule has 3 aliphatic rings. The maximum absolute atomic E-state index is 13.4. The Kier molecular flexibility index (Phi) is 6.85. The van der Waals surface area contributed by atoms with Crippen molar-refractivity contribution in [3.05, 3.63) is 42.5 Å². The number of thioether (sulfide) groups is 1. The molecule has 0 saturated heterocycles. The summed E-state index contributed by atoms with van der Waals surface area (Å²) in [5.41, 5.74) is -0.157. The second-order valence-electron chi connectivity index (χ2n) is 11.7. The van der Waals surface area contributed by atoms with Crippen LogP contribution in [0.4, 0.5) is 0 Å². The van der Waals surface area contributed by atoms with Gasteiger partial charge in [0.1, 0.15) is 11.9 Å². The number of aryl methyl sites for hydroxylation is 1. The smallest absolute Gasteiger partial charge is 0.316 e. The van der Waals surface area contributed by atoms with Crippen LogP contribution in [0.1, 0.15) is 65.4 Å². The van der Waals surface area contributed by atoms with E-state index in [9.17, 15) is 14.7 Å². The van der Waals surface area contributed by atoms with Gasteiger partial charge in [-0.1, -0.05) is 51.5 Å². The average molecular weight is 485 g/mol. The summed E-state index contributed by atoms with van der Waals surface area (Å²) in [7, 11) is 0. The molecule has 0 heterocycles. The molecule has 3 saturated carbocycles. The van der Waals surface area contributed by atoms with Gasteiger partial charge in [0.15, 0.2) is 0 Å². The summed E-state index contributed by atoms with van der Waals surface area (Å²) in [5, 5.41) is 11.6. The van der Waals surface area contributed by atoms with Crippen molar-refractivity contribution in [3.63, 3.8) is 0 Å². The Bertz CT molecular complexity index is 975. The van der Waals surface area contributed by atoms with E-state index >= 15 is 0 Å². The topological polar surface area (TPSA) is 63.6 Å². The van der Waals surface area contributed by atoms with E-state index in [0.717, 1.165) is 29.7 Å².